The summed E-state index contributed by atoms with van der Waals surface area (Å²) in [7, 11) is 2.87. The number of carbonyl (C=O) groups is 2. The van der Waals surface area contributed by atoms with E-state index in [1.807, 2.05) is 0 Å². The van der Waals surface area contributed by atoms with Crippen LogP contribution in [0.5, 0.6) is 11.5 Å². The van der Waals surface area contributed by atoms with E-state index >= 15 is 0 Å². The maximum absolute atomic E-state index is 13.4. The number of fused-ring (bicyclic) bond motifs is 2. The number of aliphatic hydroxyl groups is 1. The maximum atomic E-state index is 13.4. The number of alkyl halides is 3. The number of carbonyl (C=O) groups excluding carboxylic acids is 2. The molecule has 0 bridgehead atoms. The molecule has 0 aromatic heterocycles. The van der Waals surface area contributed by atoms with Crippen LogP contribution in [0.3, 0.4) is 0 Å². The number of benzene rings is 2. The molecular weight excluding hydrogens is 509 g/mol. The smallest absolute Gasteiger partial charge is 0.416 e. The van der Waals surface area contributed by atoms with E-state index in [1.54, 1.807) is 18.2 Å². The van der Waals surface area contributed by atoms with Gasteiger partial charge in [-0.2, -0.15) is 13.2 Å². The summed E-state index contributed by atoms with van der Waals surface area (Å²) in [5.74, 6) is -0.490. The number of rotatable bonds is 8. The second-order valence-corrected chi connectivity index (χ2v) is 8.94. The number of anilines is 2. The zero-order valence-corrected chi connectivity index (χ0v) is 20.8. The average Bonchev–Trinajstić information content (AvgIpc) is 2.85. The number of amides is 2. The number of hydrogen-bond donors (Lipinski definition) is 2. The Kier molecular flexibility index (Phi) is 7.95. The summed E-state index contributed by atoms with van der Waals surface area (Å²) in [6.07, 6.45) is -3.15. The van der Waals surface area contributed by atoms with Gasteiger partial charge in [0, 0.05) is 44.5 Å². The molecule has 12 heteroatoms. The first-order valence-electron chi connectivity index (χ1n) is 11.7. The minimum Gasteiger partial charge on any atom is -0.482 e. The van der Waals surface area contributed by atoms with Gasteiger partial charge in [0.2, 0.25) is 5.91 Å². The fourth-order valence-electron chi connectivity index (χ4n) is 4.58. The van der Waals surface area contributed by atoms with Gasteiger partial charge in [0.1, 0.15) is 11.5 Å². The number of methoxy groups -OCH3 is 2. The Bertz CT molecular complexity index is 1240. The third kappa shape index (κ3) is 5.77. The lowest BCUT2D eigenvalue weighted by Crippen LogP contribution is -2.47. The Morgan fingerprint density at radius 2 is 1.89 bits per heavy atom. The predicted octanol–water partition coefficient (Wildman–Crippen LogP) is 3.26. The Morgan fingerprint density at radius 3 is 2.55 bits per heavy atom. The van der Waals surface area contributed by atoms with Crippen LogP contribution in [0.25, 0.3) is 5.57 Å². The number of ether oxygens (including phenoxy) is 4. The van der Waals surface area contributed by atoms with E-state index in [2.05, 4.69) is 5.32 Å². The minimum absolute atomic E-state index is 0.00896. The SMILES string of the molecule is COCC1(COC)CC(=CC(=O)Nc2ccc3c(c2)N(CCO)C(=O)CO3)c2ccc(C(F)(F)F)cc2O1. The molecule has 0 fully saturated rings. The molecule has 2 heterocycles. The van der Waals surface area contributed by atoms with Crippen LogP contribution in [0.1, 0.15) is 17.5 Å². The van der Waals surface area contributed by atoms with E-state index in [4.69, 9.17) is 18.9 Å². The van der Waals surface area contributed by atoms with Crippen molar-refractivity contribution in [2.45, 2.75) is 18.2 Å². The van der Waals surface area contributed by atoms with Gasteiger partial charge in [0.05, 0.1) is 31.1 Å². The Hall–Kier alpha value is -3.61. The van der Waals surface area contributed by atoms with Crippen molar-refractivity contribution in [2.75, 3.05) is 57.4 Å². The number of nitrogens with zero attached hydrogens (tertiary/aromatic N) is 1. The number of nitrogens with one attached hydrogen (secondary N) is 1. The third-order valence-electron chi connectivity index (χ3n) is 6.11. The highest BCUT2D eigenvalue weighted by Gasteiger charge is 2.41. The summed E-state index contributed by atoms with van der Waals surface area (Å²) >= 11 is 0. The average molecular weight is 537 g/mol. The van der Waals surface area contributed by atoms with Gasteiger partial charge >= 0.3 is 6.18 Å². The second-order valence-electron chi connectivity index (χ2n) is 8.94. The first-order valence-corrected chi connectivity index (χ1v) is 11.7. The molecule has 0 unspecified atom stereocenters. The van der Waals surface area contributed by atoms with E-state index in [0.717, 1.165) is 12.1 Å². The van der Waals surface area contributed by atoms with E-state index in [1.165, 1.54) is 31.3 Å². The zero-order chi connectivity index (χ0) is 27.5. The molecule has 2 aliphatic heterocycles. The molecule has 4 rings (SSSR count). The van der Waals surface area contributed by atoms with E-state index < -0.39 is 23.2 Å². The van der Waals surface area contributed by atoms with Crippen molar-refractivity contribution in [1.82, 2.24) is 0 Å². The summed E-state index contributed by atoms with van der Waals surface area (Å²) < 4.78 is 62.1. The van der Waals surface area contributed by atoms with Crippen LogP contribution in [0.2, 0.25) is 0 Å². The first-order chi connectivity index (χ1) is 18.1. The van der Waals surface area contributed by atoms with Crippen LogP contribution in [0.4, 0.5) is 24.5 Å². The first kappa shape index (κ1) is 27.4. The molecule has 0 atom stereocenters. The van der Waals surface area contributed by atoms with Crippen LogP contribution in [-0.4, -0.2) is 69.7 Å². The monoisotopic (exact) mass is 536 g/mol. The molecule has 9 nitrogen and oxygen atoms in total. The van der Waals surface area contributed by atoms with Gasteiger partial charge in [-0.3, -0.25) is 9.59 Å². The molecule has 2 amide bonds. The van der Waals surface area contributed by atoms with Crippen LogP contribution >= 0.6 is 0 Å². The van der Waals surface area contributed by atoms with Gasteiger partial charge < -0.3 is 34.3 Å². The summed E-state index contributed by atoms with van der Waals surface area (Å²) in [5, 5.41) is 12.0. The molecule has 2 aromatic carbocycles. The van der Waals surface area contributed by atoms with Crippen molar-refractivity contribution >= 4 is 28.8 Å². The van der Waals surface area contributed by atoms with Crippen LogP contribution < -0.4 is 19.7 Å². The molecule has 0 radical (unpaired) electrons. The largest absolute Gasteiger partial charge is 0.482 e. The lowest BCUT2D eigenvalue weighted by molar-refractivity contribution is -0.138. The number of hydrogen-bond acceptors (Lipinski definition) is 7. The fourth-order valence-corrected chi connectivity index (χ4v) is 4.58. The molecule has 2 N–H and O–H groups in total. The fraction of sp³-hybridized carbons (Fsp3) is 0.385. The Labute approximate surface area is 216 Å². The zero-order valence-electron chi connectivity index (χ0n) is 20.8. The third-order valence-corrected chi connectivity index (χ3v) is 6.11. The highest BCUT2D eigenvalue weighted by atomic mass is 19.4. The van der Waals surface area contributed by atoms with Gasteiger partial charge in [0.15, 0.2) is 12.2 Å². The van der Waals surface area contributed by atoms with Gasteiger partial charge in [-0.25, -0.2) is 0 Å². The van der Waals surface area contributed by atoms with Crippen molar-refractivity contribution in [3.63, 3.8) is 0 Å². The van der Waals surface area contributed by atoms with Crippen molar-refractivity contribution in [3.05, 3.63) is 53.6 Å². The van der Waals surface area contributed by atoms with Crippen LogP contribution in [-0.2, 0) is 25.2 Å². The molecule has 204 valence electrons. The molecule has 2 aliphatic rings. The highest BCUT2D eigenvalue weighted by molar-refractivity contribution is 6.05. The number of aliphatic hydroxyl groups excluding tert-OH is 1. The lowest BCUT2D eigenvalue weighted by Gasteiger charge is -2.39. The molecule has 0 saturated carbocycles. The molecule has 0 spiro atoms. The number of halogens is 3. The van der Waals surface area contributed by atoms with E-state index in [0.29, 0.717) is 28.3 Å². The molecule has 0 saturated heterocycles. The Balaban J connectivity index is 1.67. The van der Waals surface area contributed by atoms with E-state index in [9.17, 15) is 27.9 Å². The molecule has 0 aliphatic carbocycles. The van der Waals surface area contributed by atoms with Gasteiger partial charge in [0.25, 0.3) is 5.91 Å². The van der Waals surface area contributed by atoms with Gasteiger partial charge in [-0.1, -0.05) is 6.07 Å². The van der Waals surface area contributed by atoms with Crippen LogP contribution in [0, 0.1) is 0 Å². The van der Waals surface area contributed by atoms with Gasteiger partial charge in [-0.05, 0) is 35.9 Å². The summed E-state index contributed by atoms with van der Waals surface area (Å²) in [6, 6.07) is 7.84. The maximum Gasteiger partial charge on any atom is 0.416 e. The van der Waals surface area contributed by atoms with E-state index in [-0.39, 0.29) is 51.0 Å². The van der Waals surface area contributed by atoms with Crippen molar-refractivity contribution in [2.24, 2.45) is 0 Å². The lowest BCUT2D eigenvalue weighted by atomic mass is 9.86. The summed E-state index contributed by atoms with van der Waals surface area (Å²) in [6.45, 7) is -0.332. The summed E-state index contributed by atoms with van der Waals surface area (Å²) in [5.41, 5.74) is -0.507. The highest BCUT2D eigenvalue weighted by Crippen LogP contribution is 2.44. The molecule has 38 heavy (non-hydrogen) atoms. The standard InChI is InChI=1S/C26H27F3N2O7/c1-35-14-25(15-36-2)12-16(19-5-3-17(26(27,28)29)10-22(19)38-25)9-23(33)30-18-4-6-21-20(11-18)31(7-8-32)24(34)13-37-21/h3-6,9-11,32H,7-8,12-15H2,1-2H3,(H,30,33). The van der Waals surface area contributed by atoms with Crippen molar-refractivity contribution in [3.8, 4) is 11.5 Å². The predicted molar refractivity (Wildman–Crippen MR) is 131 cm³/mol. The second kappa shape index (κ2) is 11.0. The molecular formula is C26H27F3N2O7. The topological polar surface area (TPSA) is 107 Å². The Morgan fingerprint density at radius 1 is 1.16 bits per heavy atom. The van der Waals surface area contributed by atoms with Crippen molar-refractivity contribution in [1.29, 1.82) is 0 Å². The summed E-state index contributed by atoms with van der Waals surface area (Å²) in [4.78, 5) is 26.6. The normalized spacial score (nSPS) is 17.4. The van der Waals surface area contributed by atoms with Gasteiger partial charge in [-0.15, -0.1) is 0 Å². The minimum atomic E-state index is -4.58. The van der Waals surface area contributed by atoms with Crippen molar-refractivity contribution < 1.29 is 46.8 Å². The molecule has 2 aromatic rings. The van der Waals surface area contributed by atoms with Crippen LogP contribution in [0.15, 0.2) is 42.5 Å². The quantitative estimate of drug-likeness (QED) is 0.499. The number of β-amino-alcohol motifs (C(OH)–C–C–N with tert-alkyl or cyclic N) is 1.